The molecule has 1 heterocycles. The highest BCUT2D eigenvalue weighted by atomic mass is 16.6. The first-order valence-corrected chi connectivity index (χ1v) is 7.01. The quantitative estimate of drug-likeness (QED) is 0.844. The second kappa shape index (κ2) is 6.41. The predicted octanol–water partition coefficient (Wildman–Crippen LogP) is 2.76. The lowest BCUT2D eigenvalue weighted by atomic mass is 9.92. The Kier molecular flexibility index (Phi) is 5.45. The SMILES string of the molecule is CC(N)CCC1CCCN(C(=O)OC(C)(C)C)C1. The van der Waals surface area contributed by atoms with Gasteiger partial charge in [0.05, 0.1) is 0 Å². The summed E-state index contributed by atoms with van der Waals surface area (Å²) in [6.45, 7) is 9.40. The number of amides is 1. The molecule has 0 bridgehead atoms. The number of ether oxygens (including phenoxy) is 1. The fourth-order valence-electron chi connectivity index (χ4n) is 2.29. The van der Waals surface area contributed by atoms with Crippen LogP contribution in [0.3, 0.4) is 0 Å². The van der Waals surface area contributed by atoms with E-state index in [1.165, 1.54) is 6.42 Å². The van der Waals surface area contributed by atoms with E-state index >= 15 is 0 Å². The molecule has 0 aliphatic carbocycles. The largest absolute Gasteiger partial charge is 0.444 e. The van der Waals surface area contributed by atoms with Crippen molar-refractivity contribution in [2.75, 3.05) is 13.1 Å². The Bertz CT molecular complexity index is 271. The lowest BCUT2D eigenvalue weighted by Gasteiger charge is -2.34. The van der Waals surface area contributed by atoms with Gasteiger partial charge in [-0.05, 0) is 59.3 Å². The van der Waals surface area contributed by atoms with Crippen LogP contribution in [0.5, 0.6) is 0 Å². The highest BCUT2D eigenvalue weighted by molar-refractivity contribution is 5.68. The third kappa shape index (κ3) is 5.71. The average molecular weight is 256 g/mol. The summed E-state index contributed by atoms with van der Waals surface area (Å²) in [4.78, 5) is 13.8. The molecule has 0 spiro atoms. The molecular formula is C14H28N2O2. The number of carbonyl (C=O) groups is 1. The standard InChI is InChI=1S/C14H28N2O2/c1-11(15)7-8-12-6-5-9-16(10-12)13(17)18-14(2,3)4/h11-12H,5-10,15H2,1-4H3. The Morgan fingerprint density at radius 2 is 2.17 bits per heavy atom. The van der Waals surface area contributed by atoms with Gasteiger partial charge in [0.2, 0.25) is 0 Å². The molecule has 2 N–H and O–H groups in total. The zero-order valence-corrected chi connectivity index (χ0v) is 12.2. The second-order valence-corrected chi connectivity index (χ2v) is 6.49. The fourth-order valence-corrected chi connectivity index (χ4v) is 2.29. The Morgan fingerprint density at radius 1 is 1.50 bits per heavy atom. The number of nitrogens with zero attached hydrogens (tertiary/aromatic N) is 1. The van der Waals surface area contributed by atoms with Crippen LogP contribution in [0.4, 0.5) is 4.79 Å². The number of carbonyl (C=O) groups excluding carboxylic acids is 1. The molecule has 0 aromatic rings. The third-order valence-corrected chi connectivity index (χ3v) is 3.20. The van der Waals surface area contributed by atoms with Crippen LogP contribution < -0.4 is 5.73 Å². The van der Waals surface area contributed by atoms with E-state index in [1.54, 1.807) is 0 Å². The summed E-state index contributed by atoms with van der Waals surface area (Å²) in [7, 11) is 0. The molecule has 106 valence electrons. The van der Waals surface area contributed by atoms with Gasteiger partial charge in [-0.3, -0.25) is 0 Å². The minimum Gasteiger partial charge on any atom is -0.444 e. The molecule has 1 aliphatic rings. The van der Waals surface area contributed by atoms with Gasteiger partial charge in [0, 0.05) is 19.1 Å². The molecule has 4 nitrogen and oxygen atoms in total. The van der Waals surface area contributed by atoms with E-state index in [2.05, 4.69) is 0 Å². The molecule has 0 aromatic carbocycles. The highest BCUT2D eigenvalue weighted by Gasteiger charge is 2.27. The molecule has 0 aromatic heterocycles. The van der Waals surface area contributed by atoms with E-state index in [0.29, 0.717) is 5.92 Å². The van der Waals surface area contributed by atoms with Gasteiger partial charge >= 0.3 is 6.09 Å². The van der Waals surface area contributed by atoms with Crippen molar-refractivity contribution in [1.82, 2.24) is 4.90 Å². The molecule has 0 radical (unpaired) electrons. The molecule has 1 saturated heterocycles. The zero-order valence-electron chi connectivity index (χ0n) is 12.2. The topological polar surface area (TPSA) is 55.6 Å². The Morgan fingerprint density at radius 3 is 2.72 bits per heavy atom. The maximum absolute atomic E-state index is 12.0. The van der Waals surface area contributed by atoms with Crippen LogP contribution in [0.2, 0.25) is 0 Å². The first-order chi connectivity index (χ1) is 8.28. The van der Waals surface area contributed by atoms with E-state index < -0.39 is 5.60 Å². The highest BCUT2D eigenvalue weighted by Crippen LogP contribution is 2.23. The van der Waals surface area contributed by atoms with Gasteiger partial charge in [-0.15, -0.1) is 0 Å². The van der Waals surface area contributed by atoms with E-state index in [1.807, 2.05) is 32.6 Å². The fraction of sp³-hybridized carbons (Fsp3) is 0.929. The molecule has 1 amide bonds. The number of piperidine rings is 1. The Hall–Kier alpha value is -0.770. The molecule has 0 saturated carbocycles. The Balaban J connectivity index is 2.40. The van der Waals surface area contributed by atoms with Crippen molar-refractivity contribution in [3.63, 3.8) is 0 Å². The van der Waals surface area contributed by atoms with Gasteiger partial charge in [0.1, 0.15) is 5.60 Å². The second-order valence-electron chi connectivity index (χ2n) is 6.49. The van der Waals surface area contributed by atoms with Crippen LogP contribution in [0, 0.1) is 5.92 Å². The maximum Gasteiger partial charge on any atom is 0.410 e. The van der Waals surface area contributed by atoms with Crippen LogP contribution in [-0.4, -0.2) is 35.7 Å². The molecule has 2 atom stereocenters. The molecule has 1 rings (SSSR count). The number of rotatable bonds is 3. The summed E-state index contributed by atoms with van der Waals surface area (Å²) in [6.07, 6.45) is 4.24. The van der Waals surface area contributed by atoms with Gasteiger partial charge < -0.3 is 15.4 Å². The van der Waals surface area contributed by atoms with Crippen LogP contribution in [0.15, 0.2) is 0 Å². The van der Waals surface area contributed by atoms with E-state index in [9.17, 15) is 4.79 Å². The molecule has 1 aliphatic heterocycles. The minimum atomic E-state index is -0.407. The van der Waals surface area contributed by atoms with Crippen molar-refractivity contribution in [1.29, 1.82) is 0 Å². The summed E-state index contributed by atoms with van der Waals surface area (Å²) in [5, 5.41) is 0. The van der Waals surface area contributed by atoms with E-state index in [4.69, 9.17) is 10.5 Å². The van der Waals surface area contributed by atoms with Crippen molar-refractivity contribution in [2.24, 2.45) is 11.7 Å². The smallest absolute Gasteiger partial charge is 0.410 e. The van der Waals surface area contributed by atoms with Gasteiger partial charge in [-0.25, -0.2) is 4.79 Å². The van der Waals surface area contributed by atoms with Crippen LogP contribution >= 0.6 is 0 Å². The van der Waals surface area contributed by atoms with Gasteiger partial charge in [-0.1, -0.05) is 0 Å². The molecule has 1 fully saturated rings. The number of nitrogens with two attached hydrogens (primary N) is 1. The summed E-state index contributed by atoms with van der Waals surface area (Å²) in [6, 6.07) is 0.252. The first-order valence-electron chi connectivity index (χ1n) is 7.01. The lowest BCUT2D eigenvalue weighted by Crippen LogP contribution is -2.43. The monoisotopic (exact) mass is 256 g/mol. The molecular weight excluding hydrogens is 228 g/mol. The number of likely N-dealkylation sites (tertiary alicyclic amines) is 1. The summed E-state index contributed by atoms with van der Waals surface area (Å²) in [5.74, 6) is 0.581. The predicted molar refractivity (Wildman–Crippen MR) is 73.4 cm³/mol. The minimum absolute atomic E-state index is 0.173. The maximum atomic E-state index is 12.0. The molecule has 18 heavy (non-hydrogen) atoms. The summed E-state index contributed by atoms with van der Waals surface area (Å²) < 4.78 is 5.41. The van der Waals surface area contributed by atoms with E-state index in [-0.39, 0.29) is 12.1 Å². The van der Waals surface area contributed by atoms with Crippen molar-refractivity contribution in [3.8, 4) is 0 Å². The van der Waals surface area contributed by atoms with Crippen LogP contribution in [0.1, 0.15) is 53.4 Å². The lowest BCUT2D eigenvalue weighted by molar-refractivity contribution is 0.0160. The van der Waals surface area contributed by atoms with Gasteiger partial charge in [0.25, 0.3) is 0 Å². The summed E-state index contributed by atoms with van der Waals surface area (Å²) >= 11 is 0. The molecule has 4 heteroatoms. The van der Waals surface area contributed by atoms with Crippen LogP contribution in [-0.2, 0) is 4.74 Å². The van der Waals surface area contributed by atoms with Crippen molar-refractivity contribution in [2.45, 2.75) is 65.0 Å². The normalized spacial score (nSPS) is 22.7. The van der Waals surface area contributed by atoms with E-state index in [0.717, 1.165) is 32.4 Å². The van der Waals surface area contributed by atoms with Crippen molar-refractivity contribution < 1.29 is 9.53 Å². The number of hydrogen-bond acceptors (Lipinski definition) is 3. The average Bonchev–Trinajstić information content (AvgIpc) is 2.24. The third-order valence-electron chi connectivity index (χ3n) is 3.20. The first kappa shape index (κ1) is 15.3. The zero-order chi connectivity index (χ0) is 13.8. The number of hydrogen-bond donors (Lipinski definition) is 1. The Labute approximate surface area is 111 Å². The molecule has 2 unspecified atom stereocenters. The van der Waals surface area contributed by atoms with Gasteiger partial charge in [-0.2, -0.15) is 0 Å². The van der Waals surface area contributed by atoms with Crippen molar-refractivity contribution >= 4 is 6.09 Å². The summed E-state index contributed by atoms with van der Waals surface area (Å²) in [5.41, 5.74) is 5.38. The van der Waals surface area contributed by atoms with Crippen molar-refractivity contribution in [3.05, 3.63) is 0 Å². The van der Waals surface area contributed by atoms with Crippen LogP contribution in [0.25, 0.3) is 0 Å². The van der Waals surface area contributed by atoms with Gasteiger partial charge in [0.15, 0.2) is 0 Å².